The van der Waals surface area contributed by atoms with Crippen LogP contribution in [0.25, 0.3) is 22.3 Å². The van der Waals surface area contributed by atoms with Crippen molar-refractivity contribution < 1.29 is 86.4 Å². The van der Waals surface area contributed by atoms with E-state index in [1.807, 2.05) is 0 Å². The summed E-state index contributed by atoms with van der Waals surface area (Å²) in [6, 6.07) is 3.89. The molecule has 0 unspecified atom stereocenters. The van der Waals surface area contributed by atoms with Crippen molar-refractivity contribution in [2.45, 2.75) is 0 Å². The minimum absolute atomic E-state index is 0. The Hall–Kier alpha value is -1.91. The average Bonchev–Trinajstić information content (AvgIpc) is 2.47. The first-order chi connectivity index (χ1) is 10.8. The molecule has 0 atom stereocenters. The summed E-state index contributed by atoms with van der Waals surface area (Å²) in [5.74, 6) is -4.40. The fraction of sp³-hybridized carbons (Fsp3) is 0. The first kappa shape index (κ1) is 18.4. The number of hydrogen-bond acceptors (Lipinski definition) is 8. The van der Waals surface area contributed by atoms with Crippen molar-refractivity contribution in [2.24, 2.45) is 0 Å². The molecule has 24 heavy (non-hydrogen) atoms. The van der Waals surface area contributed by atoms with Crippen molar-refractivity contribution in [1.82, 2.24) is 0 Å². The molecule has 3 aromatic rings. The van der Waals surface area contributed by atoms with Crippen LogP contribution in [-0.2, 0) is 0 Å². The van der Waals surface area contributed by atoms with E-state index < -0.39 is 39.9 Å². The summed E-state index contributed by atoms with van der Waals surface area (Å²) in [5, 5.41) is 57.2. The Balaban J connectivity index is 0.00000208. The third-order valence-corrected chi connectivity index (χ3v) is 3.27. The normalized spacial score (nSPS) is 10.5. The van der Waals surface area contributed by atoms with Crippen molar-refractivity contribution in [1.29, 1.82) is 0 Å². The van der Waals surface area contributed by atoms with E-state index in [9.17, 15) is 35.4 Å². The second-order valence-electron chi connectivity index (χ2n) is 4.81. The van der Waals surface area contributed by atoms with Crippen LogP contribution >= 0.6 is 0 Å². The maximum atomic E-state index is 12.2. The second-order valence-corrected chi connectivity index (χ2v) is 4.81. The minimum Gasteiger partial charge on any atom is -0.508 e. The van der Waals surface area contributed by atoms with Gasteiger partial charge in [-0.15, -0.1) is 0 Å². The van der Waals surface area contributed by atoms with Crippen LogP contribution in [0.15, 0.2) is 33.5 Å². The molecule has 118 valence electrons. The van der Waals surface area contributed by atoms with Crippen LogP contribution in [0, 0.1) is 0 Å². The molecule has 6 N–H and O–H groups in total. The smallest absolute Gasteiger partial charge is 0.508 e. The molecule has 3 rings (SSSR count). The molecule has 0 saturated carbocycles. The van der Waals surface area contributed by atoms with Crippen molar-refractivity contribution in [2.75, 3.05) is 0 Å². The van der Waals surface area contributed by atoms with E-state index in [0.29, 0.717) is 0 Å². The molecule has 2 aromatic carbocycles. The molecular formula is C15H10KO8+. The van der Waals surface area contributed by atoms with Gasteiger partial charge in [-0.1, -0.05) is 0 Å². The number of aromatic hydroxyl groups is 6. The summed E-state index contributed by atoms with van der Waals surface area (Å²) >= 11 is 0. The Morgan fingerprint density at radius 1 is 0.750 bits per heavy atom. The Bertz CT molecular complexity index is 986. The van der Waals surface area contributed by atoms with Crippen LogP contribution in [0.1, 0.15) is 0 Å². The van der Waals surface area contributed by atoms with Crippen LogP contribution in [0.5, 0.6) is 34.5 Å². The van der Waals surface area contributed by atoms with Crippen LogP contribution < -0.4 is 56.8 Å². The van der Waals surface area contributed by atoms with Crippen LogP contribution in [-0.4, -0.2) is 30.6 Å². The average molecular weight is 357 g/mol. The van der Waals surface area contributed by atoms with Gasteiger partial charge in [-0.2, -0.15) is 0 Å². The molecule has 0 bridgehead atoms. The molecule has 9 heteroatoms. The number of phenols is 5. The van der Waals surface area contributed by atoms with E-state index in [0.717, 1.165) is 24.3 Å². The van der Waals surface area contributed by atoms with E-state index in [1.165, 1.54) is 0 Å². The molecule has 0 radical (unpaired) electrons. The van der Waals surface area contributed by atoms with Gasteiger partial charge in [-0.05, 0) is 12.1 Å². The first-order valence-electron chi connectivity index (χ1n) is 6.26. The molecule has 0 fully saturated rings. The molecule has 0 spiro atoms. The number of phenolic OH excluding ortho intramolecular Hbond substituents is 5. The van der Waals surface area contributed by atoms with Gasteiger partial charge in [0.2, 0.25) is 11.2 Å². The monoisotopic (exact) mass is 357 g/mol. The van der Waals surface area contributed by atoms with Gasteiger partial charge in [-0.3, -0.25) is 4.79 Å². The first-order valence-corrected chi connectivity index (χ1v) is 6.26. The van der Waals surface area contributed by atoms with Crippen molar-refractivity contribution in [3.63, 3.8) is 0 Å². The maximum Gasteiger partial charge on any atom is 1.00 e. The maximum absolute atomic E-state index is 12.2. The minimum atomic E-state index is -0.967. The van der Waals surface area contributed by atoms with E-state index in [4.69, 9.17) is 4.42 Å². The summed E-state index contributed by atoms with van der Waals surface area (Å²) in [5.41, 5.74) is -1.28. The van der Waals surface area contributed by atoms with E-state index in [1.54, 1.807) is 0 Å². The SMILES string of the molecule is O=c1c(O)c(-c2cc(O)c(O)c(O)c2)oc2cc(O)cc(O)c12.[K+]. The van der Waals surface area contributed by atoms with Gasteiger partial charge in [-0.25, -0.2) is 0 Å². The third-order valence-electron chi connectivity index (χ3n) is 3.27. The van der Waals surface area contributed by atoms with Gasteiger partial charge < -0.3 is 35.1 Å². The Morgan fingerprint density at radius 3 is 1.92 bits per heavy atom. The zero-order valence-electron chi connectivity index (χ0n) is 12.3. The standard InChI is InChI=1S/C15H10O8.K/c16-6-3-7(17)11-10(4-6)23-15(14(22)13(11)21)5-1-8(18)12(20)9(19)2-5;/h1-4,16-20,22H;/q;+1. The Morgan fingerprint density at radius 2 is 1.33 bits per heavy atom. The van der Waals surface area contributed by atoms with E-state index in [2.05, 4.69) is 0 Å². The van der Waals surface area contributed by atoms with Gasteiger partial charge in [0.05, 0.1) is 0 Å². The molecule has 8 nitrogen and oxygen atoms in total. The summed E-state index contributed by atoms with van der Waals surface area (Å²) in [6.07, 6.45) is 0. The zero-order chi connectivity index (χ0) is 16.9. The number of benzene rings is 2. The molecule has 0 aliphatic carbocycles. The number of fused-ring (bicyclic) bond motifs is 1. The predicted octanol–water partition coefficient (Wildman–Crippen LogP) is -1.30. The molecule has 1 heterocycles. The predicted molar refractivity (Wildman–Crippen MR) is 77.9 cm³/mol. The quantitative estimate of drug-likeness (QED) is 0.232. The zero-order valence-corrected chi connectivity index (χ0v) is 15.4. The van der Waals surface area contributed by atoms with Crippen LogP contribution in [0.4, 0.5) is 0 Å². The van der Waals surface area contributed by atoms with Crippen molar-refractivity contribution in [3.05, 3.63) is 34.5 Å². The summed E-state index contributed by atoms with van der Waals surface area (Å²) in [7, 11) is 0. The van der Waals surface area contributed by atoms with Gasteiger partial charge in [0, 0.05) is 17.7 Å². The van der Waals surface area contributed by atoms with Crippen molar-refractivity contribution in [3.8, 4) is 45.8 Å². The summed E-state index contributed by atoms with van der Waals surface area (Å²) in [6.45, 7) is 0. The van der Waals surface area contributed by atoms with E-state index >= 15 is 0 Å². The third kappa shape index (κ3) is 2.92. The largest absolute Gasteiger partial charge is 1.00 e. The fourth-order valence-electron chi connectivity index (χ4n) is 2.21. The molecule has 1 aromatic heterocycles. The Labute approximate surface area is 176 Å². The van der Waals surface area contributed by atoms with Crippen LogP contribution in [0.2, 0.25) is 0 Å². The second kappa shape index (κ2) is 6.53. The molecular weight excluding hydrogens is 347 g/mol. The molecule has 0 saturated heterocycles. The van der Waals surface area contributed by atoms with Crippen LogP contribution in [0.3, 0.4) is 0 Å². The topological polar surface area (TPSA) is 152 Å². The number of rotatable bonds is 1. The van der Waals surface area contributed by atoms with Gasteiger partial charge in [0.1, 0.15) is 22.5 Å². The summed E-state index contributed by atoms with van der Waals surface area (Å²) in [4.78, 5) is 12.2. The molecule has 0 aliphatic rings. The van der Waals surface area contributed by atoms with E-state index in [-0.39, 0.29) is 73.7 Å². The molecule has 0 amide bonds. The van der Waals surface area contributed by atoms with Gasteiger partial charge in [0.25, 0.3) is 0 Å². The molecule has 0 aliphatic heterocycles. The number of hydrogen-bond donors (Lipinski definition) is 6. The summed E-state index contributed by atoms with van der Waals surface area (Å²) < 4.78 is 5.30. The Kier molecular flexibility index (Phi) is 5.02. The van der Waals surface area contributed by atoms with Gasteiger partial charge >= 0.3 is 51.4 Å². The fourth-order valence-corrected chi connectivity index (χ4v) is 2.21. The van der Waals surface area contributed by atoms with Crippen molar-refractivity contribution >= 4 is 11.0 Å². The van der Waals surface area contributed by atoms with Gasteiger partial charge in [0.15, 0.2) is 23.0 Å².